The lowest BCUT2D eigenvalue weighted by Crippen LogP contribution is -2.41. The predicted octanol–water partition coefficient (Wildman–Crippen LogP) is 2.44. The Labute approximate surface area is 116 Å². The van der Waals surface area contributed by atoms with E-state index in [1.54, 1.807) is 7.11 Å². The van der Waals surface area contributed by atoms with Crippen molar-refractivity contribution in [2.24, 2.45) is 5.73 Å². The molecule has 0 bridgehead atoms. The van der Waals surface area contributed by atoms with E-state index in [0.29, 0.717) is 6.04 Å². The Hall–Kier alpha value is -1.06. The Balaban J connectivity index is 1.85. The number of likely N-dealkylation sites (tertiary alicyclic amines) is 1. The first-order chi connectivity index (χ1) is 9.33. The minimum Gasteiger partial charge on any atom is -0.497 e. The van der Waals surface area contributed by atoms with Gasteiger partial charge in [-0.15, -0.1) is 0 Å². The van der Waals surface area contributed by atoms with Gasteiger partial charge in [-0.25, -0.2) is 0 Å². The third-order valence-electron chi connectivity index (χ3n) is 4.10. The summed E-state index contributed by atoms with van der Waals surface area (Å²) in [5.41, 5.74) is 7.11. The molecule has 1 aliphatic rings. The van der Waals surface area contributed by atoms with E-state index in [1.165, 1.54) is 31.4 Å². The van der Waals surface area contributed by atoms with Gasteiger partial charge in [0.25, 0.3) is 0 Å². The summed E-state index contributed by atoms with van der Waals surface area (Å²) in [6.45, 7) is 3.20. The summed E-state index contributed by atoms with van der Waals surface area (Å²) in [7, 11) is 1.71. The van der Waals surface area contributed by atoms with Gasteiger partial charge in [0.05, 0.1) is 7.11 Å². The Bertz CT molecular complexity index is 362. The Morgan fingerprint density at radius 3 is 2.74 bits per heavy atom. The number of methoxy groups -OCH3 is 1. The normalized spacial score (nSPS) is 20.4. The maximum Gasteiger partial charge on any atom is 0.118 e. The zero-order chi connectivity index (χ0) is 13.5. The van der Waals surface area contributed by atoms with Gasteiger partial charge in [0, 0.05) is 12.6 Å². The third kappa shape index (κ3) is 4.22. The van der Waals surface area contributed by atoms with Crippen LogP contribution in [-0.4, -0.2) is 37.7 Å². The van der Waals surface area contributed by atoms with Gasteiger partial charge < -0.3 is 15.4 Å². The highest BCUT2D eigenvalue weighted by Gasteiger charge is 2.20. The molecule has 19 heavy (non-hydrogen) atoms. The number of nitrogens with two attached hydrogens (primary N) is 1. The average molecular weight is 262 g/mol. The molecule has 1 aliphatic heterocycles. The van der Waals surface area contributed by atoms with Crippen LogP contribution in [0.3, 0.4) is 0 Å². The molecular weight excluding hydrogens is 236 g/mol. The summed E-state index contributed by atoms with van der Waals surface area (Å²) in [5.74, 6) is 0.933. The van der Waals surface area contributed by atoms with Crippen LogP contribution in [0.5, 0.6) is 5.75 Å². The highest BCUT2D eigenvalue weighted by Crippen LogP contribution is 2.20. The molecule has 1 aromatic carbocycles. The SMILES string of the molecule is COc1ccc(CCN2CCCCC2CCN)cc1. The van der Waals surface area contributed by atoms with E-state index in [-0.39, 0.29) is 0 Å². The molecule has 3 heteroatoms. The molecule has 2 rings (SSSR count). The lowest BCUT2D eigenvalue weighted by molar-refractivity contribution is 0.144. The van der Waals surface area contributed by atoms with E-state index < -0.39 is 0 Å². The van der Waals surface area contributed by atoms with E-state index in [2.05, 4.69) is 17.0 Å². The molecule has 0 amide bonds. The maximum absolute atomic E-state index is 5.72. The highest BCUT2D eigenvalue weighted by molar-refractivity contribution is 5.27. The van der Waals surface area contributed by atoms with Gasteiger partial charge in [0.2, 0.25) is 0 Å². The van der Waals surface area contributed by atoms with Crippen LogP contribution in [0.1, 0.15) is 31.2 Å². The van der Waals surface area contributed by atoms with Crippen molar-refractivity contribution in [3.63, 3.8) is 0 Å². The van der Waals surface area contributed by atoms with Crippen molar-refractivity contribution in [2.45, 2.75) is 38.1 Å². The van der Waals surface area contributed by atoms with Crippen molar-refractivity contribution in [2.75, 3.05) is 26.7 Å². The van der Waals surface area contributed by atoms with Gasteiger partial charge in [-0.2, -0.15) is 0 Å². The molecule has 0 aliphatic carbocycles. The van der Waals surface area contributed by atoms with Crippen molar-refractivity contribution in [1.82, 2.24) is 4.90 Å². The second kappa shape index (κ2) is 7.51. The fourth-order valence-corrected chi connectivity index (χ4v) is 2.94. The Morgan fingerprint density at radius 2 is 2.05 bits per heavy atom. The molecule has 1 saturated heterocycles. The van der Waals surface area contributed by atoms with Crippen LogP contribution < -0.4 is 10.5 Å². The number of hydrogen-bond acceptors (Lipinski definition) is 3. The molecule has 2 N–H and O–H groups in total. The van der Waals surface area contributed by atoms with E-state index in [1.807, 2.05) is 12.1 Å². The van der Waals surface area contributed by atoms with E-state index in [4.69, 9.17) is 10.5 Å². The minimum absolute atomic E-state index is 0.706. The summed E-state index contributed by atoms with van der Waals surface area (Å²) in [5, 5.41) is 0. The van der Waals surface area contributed by atoms with Crippen molar-refractivity contribution in [3.8, 4) is 5.75 Å². The fourth-order valence-electron chi connectivity index (χ4n) is 2.94. The molecule has 1 atom stereocenters. The zero-order valence-electron chi connectivity index (χ0n) is 12.0. The van der Waals surface area contributed by atoms with Crippen molar-refractivity contribution >= 4 is 0 Å². The molecule has 0 saturated carbocycles. The molecule has 106 valence electrons. The summed E-state index contributed by atoms with van der Waals surface area (Å²) in [6, 6.07) is 9.13. The van der Waals surface area contributed by atoms with Crippen LogP contribution >= 0.6 is 0 Å². The monoisotopic (exact) mass is 262 g/mol. The number of benzene rings is 1. The number of hydrogen-bond donors (Lipinski definition) is 1. The van der Waals surface area contributed by atoms with Crippen molar-refractivity contribution in [1.29, 1.82) is 0 Å². The maximum atomic E-state index is 5.72. The second-order valence-electron chi connectivity index (χ2n) is 5.36. The molecule has 1 unspecified atom stereocenters. The van der Waals surface area contributed by atoms with Crippen molar-refractivity contribution in [3.05, 3.63) is 29.8 Å². The smallest absolute Gasteiger partial charge is 0.118 e. The first-order valence-electron chi connectivity index (χ1n) is 7.40. The largest absolute Gasteiger partial charge is 0.497 e. The average Bonchev–Trinajstić information content (AvgIpc) is 2.47. The molecule has 1 heterocycles. The van der Waals surface area contributed by atoms with Crippen LogP contribution in [0.25, 0.3) is 0 Å². The van der Waals surface area contributed by atoms with Crippen LogP contribution in [-0.2, 0) is 6.42 Å². The van der Waals surface area contributed by atoms with E-state index in [9.17, 15) is 0 Å². The molecule has 1 aromatic rings. The highest BCUT2D eigenvalue weighted by atomic mass is 16.5. The number of ether oxygens (including phenoxy) is 1. The summed E-state index contributed by atoms with van der Waals surface area (Å²) in [4.78, 5) is 2.63. The molecule has 0 spiro atoms. The molecule has 0 radical (unpaired) electrons. The van der Waals surface area contributed by atoms with Gasteiger partial charge in [0.1, 0.15) is 5.75 Å². The minimum atomic E-state index is 0.706. The molecule has 3 nitrogen and oxygen atoms in total. The van der Waals surface area contributed by atoms with Gasteiger partial charge in [-0.1, -0.05) is 18.6 Å². The Kier molecular flexibility index (Phi) is 5.67. The lowest BCUT2D eigenvalue weighted by atomic mass is 9.98. The van der Waals surface area contributed by atoms with Crippen LogP contribution in [0.15, 0.2) is 24.3 Å². The van der Waals surface area contributed by atoms with Gasteiger partial charge in [-0.05, 0) is 56.5 Å². The predicted molar refractivity (Wildman–Crippen MR) is 79.6 cm³/mol. The topological polar surface area (TPSA) is 38.5 Å². The van der Waals surface area contributed by atoms with Crippen LogP contribution in [0, 0.1) is 0 Å². The van der Waals surface area contributed by atoms with Gasteiger partial charge in [0.15, 0.2) is 0 Å². The standard InChI is InChI=1S/C16H26N2O/c1-19-16-7-5-14(6-8-16)10-13-18-12-3-2-4-15(18)9-11-17/h5-8,15H,2-4,9-13,17H2,1H3. The van der Waals surface area contributed by atoms with Gasteiger partial charge in [-0.3, -0.25) is 0 Å². The first-order valence-corrected chi connectivity index (χ1v) is 7.40. The summed E-state index contributed by atoms with van der Waals surface area (Å²) in [6.07, 6.45) is 6.28. The molecular formula is C16H26N2O. The number of piperidine rings is 1. The number of nitrogens with zero attached hydrogens (tertiary/aromatic N) is 1. The lowest BCUT2D eigenvalue weighted by Gasteiger charge is -2.35. The van der Waals surface area contributed by atoms with Gasteiger partial charge >= 0.3 is 0 Å². The third-order valence-corrected chi connectivity index (χ3v) is 4.10. The second-order valence-corrected chi connectivity index (χ2v) is 5.36. The van der Waals surface area contributed by atoms with E-state index >= 15 is 0 Å². The molecule has 1 fully saturated rings. The fraction of sp³-hybridized carbons (Fsp3) is 0.625. The first kappa shape index (κ1) is 14.4. The van der Waals surface area contributed by atoms with Crippen LogP contribution in [0.4, 0.5) is 0 Å². The summed E-state index contributed by atoms with van der Waals surface area (Å²) >= 11 is 0. The van der Waals surface area contributed by atoms with Crippen LogP contribution in [0.2, 0.25) is 0 Å². The zero-order valence-corrected chi connectivity index (χ0v) is 12.0. The summed E-state index contributed by atoms with van der Waals surface area (Å²) < 4.78 is 5.19. The van der Waals surface area contributed by atoms with Crippen molar-refractivity contribution < 1.29 is 4.74 Å². The van der Waals surface area contributed by atoms with E-state index in [0.717, 1.165) is 31.7 Å². The Morgan fingerprint density at radius 1 is 1.26 bits per heavy atom. The quantitative estimate of drug-likeness (QED) is 0.856. The molecule has 0 aromatic heterocycles. The number of rotatable bonds is 6.